The van der Waals surface area contributed by atoms with Crippen LogP contribution in [-0.4, -0.2) is 31.3 Å². The fourth-order valence-electron chi connectivity index (χ4n) is 1.04. The van der Waals surface area contributed by atoms with Gasteiger partial charge in [-0.2, -0.15) is 0 Å². The Morgan fingerprint density at radius 3 is 2.53 bits per heavy atom. The van der Waals surface area contributed by atoms with Gasteiger partial charge in [0.1, 0.15) is 6.04 Å². The van der Waals surface area contributed by atoms with E-state index in [1.54, 1.807) is 7.11 Å². The Morgan fingerprint density at radius 1 is 1.47 bits per heavy atom. The number of esters is 1. The van der Waals surface area contributed by atoms with Crippen molar-refractivity contribution in [1.82, 2.24) is 0 Å². The maximum Gasteiger partial charge on any atom is 0.322 e. The number of carbonyl (C=O) groups is 1. The molecule has 0 fully saturated rings. The highest BCUT2D eigenvalue weighted by atomic mass is 16.5. The van der Waals surface area contributed by atoms with Crippen LogP contribution in [0.2, 0.25) is 0 Å². The zero-order valence-corrected chi connectivity index (χ0v) is 10.2. The molecule has 0 saturated carbocycles. The molecular formula is C11H23NO3. The number of hydrogen-bond donors (Lipinski definition) is 1. The Bertz CT molecular complexity index is 192. The summed E-state index contributed by atoms with van der Waals surface area (Å²) < 4.78 is 10.3. The normalized spacial score (nSPS) is 13.7. The molecule has 0 heterocycles. The predicted molar refractivity (Wildman–Crippen MR) is 59.5 cm³/mol. The topological polar surface area (TPSA) is 61.6 Å². The van der Waals surface area contributed by atoms with Gasteiger partial charge in [0.2, 0.25) is 0 Å². The second kappa shape index (κ2) is 6.80. The Kier molecular flexibility index (Phi) is 6.52. The number of carbonyl (C=O) groups excluding carboxylic acids is 1. The molecule has 15 heavy (non-hydrogen) atoms. The van der Waals surface area contributed by atoms with E-state index in [-0.39, 0.29) is 11.6 Å². The first-order valence-electron chi connectivity index (χ1n) is 5.40. The molecule has 4 heteroatoms. The summed E-state index contributed by atoms with van der Waals surface area (Å²) in [6, 6.07) is -0.486. The van der Waals surface area contributed by atoms with E-state index in [2.05, 4.69) is 0 Å². The first kappa shape index (κ1) is 14.4. The van der Waals surface area contributed by atoms with Gasteiger partial charge in [0, 0.05) is 13.5 Å². The monoisotopic (exact) mass is 217 g/mol. The molecule has 0 radical (unpaired) electrons. The second-order valence-electron chi connectivity index (χ2n) is 4.28. The molecule has 0 aromatic heterocycles. The van der Waals surface area contributed by atoms with Crippen LogP contribution in [0.1, 0.15) is 40.0 Å². The van der Waals surface area contributed by atoms with Crippen molar-refractivity contribution in [2.75, 3.05) is 13.7 Å². The molecule has 0 aromatic carbocycles. The van der Waals surface area contributed by atoms with Crippen LogP contribution in [0, 0.1) is 0 Å². The molecule has 2 N–H and O–H groups in total. The van der Waals surface area contributed by atoms with Crippen LogP contribution in [0.25, 0.3) is 0 Å². The molecule has 0 unspecified atom stereocenters. The summed E-state index contributed by atoms with van der Waals surface area (Å²) in [6.45, 7) is 6.25. The molecule has 0 aliphatic heterocycles. The van der Waals surface area contributed by atoms with Gasteiger partial charge in [-0.1, -0.05) is 13.3 Å². The number of nitrogens with two attached hydrogens (primary N) is 1. The van der Waals surface area contributed by atoms with E-state index in [1.165, 1.54) is 0 Å². The Labute approximate surface area is 92.1 Å². The Morgan fingerprint density at radius 2 is 2.07 bits per heavy atom. The summed E-state index contributed by atoms with van der Waals surface area (Å²) in [6.07, 6.45) is 2.24. The summed E-state index contributed by atoms with van der Waals surface area (Å²) in [4.78, 5) is 11.3. The van der Waals surface area contributed by atoms with Crippen molar-refractivity contribution in [3.8, 4) is 0 Å². The van der Waals surface area contributed by atoms with Crippen LogP contribution >= 0.6 is 0 Å². The van der Waals surface area contributed by atoms with Crippen LogP contribution in [0.5, 0.6) is 0 Å². The molecule has 0 aliphatic rings. The van der Waals surface area contributed by atoms with Gasteiger partial charge in [0.15, 0.2) is 0 Å². The largest absolute Gasteiger partial charge is 0.464 e. The number of hydrogen-bond acceptors (Lipinski definition) is 4. The molecule has 0 aliphatic carbocycles. The highest BCUT2D eigenvalue weighted by molar-refractivity contribution is 5.75. The van der Waals surface area contributed by atoms with Gasteiger partial charge in [0.05, 0.1) is 12.2 Å². The molecule has 0 bridgehead atoms. The van der Waals surface area contributed by atoms with Gasteiger partial charge in [0.25, 0.3) is 0 Å². The van der Waals surface area contributed by atoms with E-state index in [0.717, 1.165) is 6.42 Å². The van der Waals surface area contributed by atoms with Crippen molar-refractivity contribution in [3.63, 3.8) is 0 Å². The Hall–Kier alpha value is -0.610. The second-order valence-corrected chi connectivity index (χ2v) is 4.28. The molecular weight excluding hydrogens is 194 g/mol. The minimum atomic E-state index is -0.486. The summed E-state index contributed by atoms with van der Waals surface area (Å²) in [5.74, 6) is -0.316. The minimum Gasteiger partial charge on any atom is -0.464 e. The van der Waals surface area contributed by atoms with Crippen molar-refractivity contribution in [2.45, 2.75) is 51.7 Å². The Balaban J connectivity index is 3.72. The summed E-state index contributed by atoms with van der Waals surface area (Å²) >= 11 is 0. The summed E-state index contributed by atoms with van der Waals surface area (Å²) in [7, 11) is 1.64. The highest BCUT2D eigenvalue weighted by Crippen LogP contribution is 2.12. The molecule has 4 nitrogen and oxygen atoms in total. The smallest absolute Gasteiger partial charge is 0.322 e. The standard InChI is InChI=1S/C11H23NO3/c1-5-6-9(12)10(13)15-8-7-11(2,3)14-4/h9H,5-8,12H2,1-4H3/t9-/m1/s1. The lowest BCUT2D eigenvalue weighted by atomic mass is 10.1. The van der Waals surface area contributed by atoms with Gasteiger partial charge in [-0.25, -0.2) is 0 Å². The average molecular weight is 217 g/mol. The van der Waals surface area contributed by atoms with Gasteiger partial charge < -0.3 is 15.2 Å². The van der Waals surface area contributed by atoms with Crippen molar-refractivity contribution >= 4 is 5.97 Å². The predicted octanol–water partition coefficient (Wildman–Crippen LogP) is 1.47. The van der Waals surface area contributed by atoms with Gasteiger partial charge in [-0.05, 0) is 20.3 Å². The van der Waals surface area contributed by atoms with E-state index in [4.69, 9.17) is 15.2 Å². The van der Waals surface area contributed by atoms with Crippen LogP contribution in [0.15, 0.2) is 0 Å². The SMILES string of the molecule is CCC[C@@H](N)C(=O)OCCC(C)(C)OC. The molecule has 0 saturated heterocycles. The van der Waals surface area contributed by atoms with Crippen LogP contribution in [0.4, 0.5) is 0 Å². The summed E-state index contributed by atoms with van der Waals surface area (Å²) in [5, 5.41) is 0. The molecule has 0 rings (SSSR count). The van der Waals surface area contributed by atoms with E-state index >= 15 is 0 Å². The number of rotatable bonds is 7. The lowest BCUT2D eigenvalue weighted by Gasteiger charge is -2.22. The molecule has 0 amide bonds. The van der Waals surface area contributed by atoms with E-state index < -0.39 is 6.04 Å². The zero-order valence-electron chi connectivity index (χ0n) is 10.2. The number of methoxy groups -OCH3 is 1. The lowest BCUT2D eigenvalue weighted by molar-refractivity contribution is -0.146. The van der Waals surface area contributed by atoms with Crippen molar-refractivity contribution in [3.05, 3.63) is 0 Å². The third kappa shape index (κ3) is 6.47. The quantitative estimate of drug-likeness (QED) is 0.656. The minimum absolute atomic E-state index is 0.255. The first-order valence-corrected chi connectivity index (χ1v) is 5.40. The third-order valence-corrected chi connectivity index (χ3v) is 2.40. The third-order valence-electron chi connectivity index (χ3n) is 2.40. The van der Waals surface area contributed by atoms with Gasteiger partial charge in [-0.15, -0.1) is 0 Å². The van der Waals surface area contributed by atoms with Crippen LogP contribution < -0.4 is 5.73 Å². The van der Waals surface area contributed by atoms with E-state index in [0.29, 0.717) is 19.4 Å². The van der Waals surface area contributed by atoms with Crippen LogP contribution in [-0.2, 0) is 14.3 Å². The van der Waals surface area contributed by atoms with E-state index in [9.17, 15) is 4.79 Å². The average Bonchev–Trinajstić information content (AvgIpc) is 2.18. The van der Waals surface area contributed by atoms with Crippen molar-refractivity contribution in [2.24, 2.45) is 5.73 Å². The summed E-state index contributed by atoms with van der Waals surface area (Å²) in [5.41, 5.74) is 5.35. The van der Waals surface area contributed by atoms with E-state index in [1.807, 2.05) is 20.8 Å². The molecule has 0 aromatic rings. The fourth-order valence-corrected chi connectivity index (χ4v) is 1.04. The lowest BCUT2D eigenvalue weighted by Crippen LogP contribution is -2.33. The maximum absolute atomic E-state index is 11.3. The van der Waals surface area contributed by atoms with Gasteiger partial charge in [-0.3, -0.25) is 4.79 Å². The molecule has 1 atom stereocenters. The van der Waals surface area contributed by atoms with Crippen molar-refractivity contribution < 1.29 is 14.3 Å². The van der Waals surface area contributed by atoms with Crippen LogP contribution in [0.3, 0.4) is 0 Å². The zero-order chi connectivity index (χ0) is 11.9. The van der Waals surface area contributed by atoms with Crippen molar-refractivity contribution in [1.29, 1.82) is 0 Å². The van der Waals surface area contributed by atoms with Gasteiger partial charge >= 0.3 is 5.97 Å². The molecule has 90 valence electrons. The first-order chi connectivity index (χ1) is 6.93. The highest BCUT2D eigenvalue weighted by Gasteiger charge is 2.18. The number of ether oxygens (including phenoxy) is 2. The fraction of sp³-hybridized carbons (Fsp3) is 0.909. The maximum atomic E-state index is 11.3. The molecule has 0 spiro atoms.